The Morgan fingerprint density at radius 3 is 1.83 bits per heavy atom. The lowest BCUT2D eigenvalue weighted by molar-refractivity contribution is -0.140. The van der Waals surface area contributed by atoms with Gasteiger partial charge < -0.3 is 34.9 Å². The molecule has 2 aliphatic heterocycles. The molecule has 14 heteroatoms. The van der Waals surface area contributed by atoms with Gasteiger partial charge in [0.1, 0.15) is 23.7 Å². The molecule has 14 nitrogen and oxygen atoms in total. The molecule has 2 aliphatic carbocycles. The van der Waals surface area contributed by atoms with Crippen LogP contribution in [0.1, 0.15) is 77.1 Å². The highest BCUT2D eigenvalue weighted by molar-refractivity contribution is 6.04. The lowest BCUT2D eigenvalue weighted by Gasteiger charge is -2.35. The van der Waals surface area contributed by atoms with E-state index in [1.807, 2.05) is 56.0 Å². The Bertz CT molecular complexity index is 2480. The Kier molecular flexibility index (Phi) is 9.91. The van der Waals surface area contributed by atoms with Crippen LogP contribution in [0.3, 0.4) is 0 Å². The maximum Gasteiger partial charge on any atom is 0.407 e. The number of nitrogens with one attached hydrogen (secondary N) is 3. The van der Waals surface area contributed by atoms with Gasteiger partial charge in [-0.15, -0.1) is 0 Å². The Balaban J connectivity index is 0.942. The molecule has 4 N–H and O–H groups in total. The van der Waals surface area contributed by atoms with Crippen molar-refractivity contribution in [1.82, 2.24) is 40.0 Å². The topological polar surface area (TPSA) is 177 Å². The summed E-state index contributed by atoms with van der Waals surface area (Å²) >= 11 is 0. The predicted octanol–water partition coefficient (Wildman–Crippen LogP) is 7.63. The molecule has 0 bridgehead atoms. The Hall–Kier alpha value is -6.18. The van der Waals surface area contributed by atoms with E-state index in [0.29, 0.717) is 11.8 Å². The zero-order valence-electron chi connectivity index (χ0n) is 34.8. The lowest BCUT2D eigenvalue weighted by Crippen LogP contribution is -2.52. The monoisotopic (exact) mass is 812 g/mol. The molecule has 0 radical (unpaired) electrons. The summed E-state index contributed by atoms with van der Waals surface area (Å²) in [4.78, 5) is 73.6. The quantitative estimate of drug-likeness (QED) is 0.105. The maximum absolute atomic E-state index is 13.9. The van der Waals surface area contributed by atoms with Crippen molar-refractivity contribution >= 4 is 34.8 Å². The van der Waals surface area contributed by atoms with E-state index < -0.39 is 24.3 Å². The summed E-state index contributed by atoms with van der Waals surface area (Å²) in [5.41, 5.74) is 5.63. The number of nitrogens with zero attached hydrogens (tertiary/aromatic N) is 5. The molecule has 8 atom stereocenters. The summed E-state index contributed by atoms with van der Waals surface area (Å²) in [5, 5.41) is 14.6. The fourth-order valence-corrected chi connectivity index (χ4v) is 9.97. The first-order chi connectivity index (χ1) is 28.8. The Labute approximate surface area is 348 Å². The molecule has 3 aromatic carbocycles. The number of carbonyl (C=O) groups is 4. The van der Waals surface area contributed by atoms with Gasteiger partial charge in [0.15, 0.2) is 0 Å². The molecule has 2 saturated carbocycles. The largest absolute Gasteiger partial charge is 0.465 e. The van der Waals surface area contributed by atoms with Crippen molar-refractivity contribution in [3.8, 4) is 33.6 Å². The zero-order valence-corrected chi connectivity index (χ0v) is 34.8. The van der Waals surface area contributed by atoms with Crippen molar-refractivity contribution in [3.05, 3.63) is 84.7 Å². The number of aromatic amines is 2. The fraction of sp³-hybridized carbons (Fsp3) is 0.435. The number of imidazole rings is 2. The van der Waals surface area contributed by atoms with E-state index in [0.717, 1.165) is 86.6 Å². The summed E-state index contributed by atoms with van der Waals surface area (Å²) in [6.07, 6.45) is 5.61. The number of benzene rings is 3. The van der Waals surface area contributed by atoms with E-state index in [1.54, 1.807) is 0 Å². The van der Waals surface area contributed by atoms with E-state index in [2.05, 4.69) is 69.9 Å². The molecule has 0 unspecified atom stereocenters. The number of methoxy groups -OCH3 is 1. The van der Waals surface area contributed by atoms with E-state index in [1.165, 1.54) is 14.2 Å². The number of likely N-dealkylation sites (tertiary alicyclic amines) is 2. The normalized spacial score (nSPS) is 23.7. The second-order valence-electron chi connectivity index (χ2n) is 17.7. The van der Waals surface area contributed by atoms with Crippen LogP contribution in [-0.2, 0) is 14.3 Å². The van der Waals surface area contributed by atoms with E-state index in [9.17, 15) is 24.3 Å². The number of hydrogen-bond donors (Lipinski definition) is 4. The third kappa shape index (κ3) is 6.85. The van der Waals surface area contributed by atoms with Crippen molar-refractivity contribution in [3.63, 3.8) is 0 Å². The third-order valence-corrected chi connectivity index (χ3v) is 13.2. The standard InChI is InChI=1S/C46H52N8O6/c1-23(2)39(51-45(57)60-6)43(55)53-35-17-27(35)19-37(53)42-48-22-34(50-42)32-12-8-10-30-29(9-7-11-31(30)32)25-13-15-26(16-14-25)33-21-47-41(49-33)38-20-28-18-36(28)54(38)44(56)40(24(3)4)52(5)46(58)59/h7-16,21-24,27-28,35-40H,17-20H2,1-6H3,(H,47,49)(H,48,50)(H,51,57)(H,58,59)/t27-,28-,35-,36-,37+,38+,39+,40+/m1/s1. The van der Waals surface area contributed by atoms with Gasteiger partial charge in [-0.25, -0.2) is 19.6 Å². The average Bonchev–Trinajstić information content (AvgIpc) is 3.82. The number of amides is 4. The smallest absolute Gasteiger partial charge is 0.407 e. The first-order valence-corrected chi connectivity index (χ1v) is 21.0. The minimum absolute atomic E-state index is 0.108. The summed E-state index contributed by atoms with van der Waals surface area (Å²) < 4.78 is 4.82. The highest BCUT2D eigenvalue weighted by Crippen LogP contribution is 2.55. The second kappa shape index (κ2) is 15.1. The van der Waals surface area contributed by atoms with Crippen molar-refractivity contribution in [2.75, 3.05) is 14.2 Å². The van der Waals surface area contributed by atoms with Gasteiger partial charge in [-0.1, -0.05) is 88.4 Å². The summed E-state index contributed by atoms with van der Waals surface area (Å²) in [6.45, 7) is 7.61. The number of alkyl carbamates (subject to hydrolysis) is 1. The third-order valence-electron chi connectivity index (χ3n) is 13.2. The predicted molar refractivity (Wildman–Crippen MR) is 225 cm³/mol. The van der Waals surface area contributed by atoms with Crippen LogP contribution in [0.25, 0.3) is 44.4 Å². The number of ether oxygens (including phenoxy) is 1. The molecule has 5 aromatic rings. The molecule has 4 amide bonds. The van der Waals surface area contributed by atoms with Crippen LogP contribution in [0.4, 0.5) is 9.59 Å². The number of carboxylic acid groups (broad SMARTS) is 1. The van der Waals surface area contributed by atoms with Crippen LogP contribution >= 0.6 is 0 Å². The van der Waals surface area contributed by atoms with Crippen molar-refractivity contribution in [2.24, 2.45) is 23.7 Å². The van der Waals surface area contributed by atoms with Crippen LogP contribution in [0.5, 0.6) is 0 Å². The number of carbonyl (C=O) groups excluding carboxylic acids is 3. The van der Waals surface area contributed by atoms with Crippen molar-refractivity contribution in [1.29, 1.82) is 0 Å². The number of aromatic nitrogens is 4. The first-order valence-electron chi connectivity index (χ1n) is 21.0. The second-order valence-corrected chi connectivity index (χ2v) is 17.7. The van der Waals surface area contributed by atoms with E-state index >= 15 is 0 Å². The van der Waals surface area contributed by atoms with Crippen molar-refractivity contribution < 1.29 is 29.0 Å². The summed E-state index contributed by atoms with van der Waals surface area (Å²) in [7, 11) is 2.77. The van der Waals surface area contributed by atoms with Gasteiger partial charge in [-0.05, 0) is 71.3 Å². The van der Waals surface area contributed by atoms with Gasteiger partial charge in [0, 0.05) is 42.7 Å². The number of hydrogen-bond acceptors (Lipinski definition) is 7. The molecule has 60 heavy (non-hydrogen) atoms. The molecule has 9 rings (SSSR count). The maximum atomic E-state index is 13.9. The van der Waals surface area contributed by atoms with Crippen LogP contribution in [0.2, 0.25) is 0 Å². The van der Waals surface area contributed by atoms with Crippen LogP contribution in [0, 0.1) is 23.7 Å². The van der Waals surface area contributed by atoms with Gasteiger partial charge in [-0.2, -0.15) is 0 Å². The SMILES string of the molecule is COC(=O)N[C@H](C(=O)N1[C@@H]2C[C@@H]2C[C@H]1c1nc(-c2cccc3c(-c4ccc(-c5c[nH]c([C@@H]6C[C@H]7C[C@H]7N6C(=O)[C@H](C(C)C)N(C)C(=O)O)n5)cc4)cccc23)c[nH]1)C(C)C. The molecule has 312 valence electrons. The molecule has 4 aliphatic rings. The van der Waals surface area contributed by atoms with Gasteiger partial charge in [0.25, 0.3) is 0 Å². The summed E-state index contributed by atoms with van der Waals surface area (Å²) in [6, 6.07) is 19.2. The molecular weight excluding hydrogens is 761 g/mol. The minimum Gasteiger partial charge on any atom is -0.465 e. The highest BCUT2D eigenvalue weighted by atomic mass is 16.5. The number of likely N-dealkylation sites (N-methyl/N-ethyl adjacent to an activating group) is 1. The summed E-state index contributed by atoms with van der Waals surface area (Å²) in [5.74, 6) is 1.74. The molecule has 0 spiro atoms. The van der Waals surface area contributed by atoms with Gasteiger partial charge in [0.05, 0.1) is 30.6 Å². The molecular formula is C46H52N8O6. The van der Waals surface area contributed by atoms with Gasteiger partial charge in [0.2, 0.25) is 11.8 Å². The number of fused-ring (bicyclic) bond motifs is 3. The lowest BCUT2D eigenvalue weighted by atomic mass is 9.94. The number of piperidine rings is 2. The fourth-order valence-electron chi connectivity index (χ4n) is 9.97. The first kappa shape index (κ1) is 39.3. The van der Waals surface area contributed by atoms with Gasteiger partial charge >= 0.3 is 12.2 Å². The number of H-pyrrole nitrogens is 2. The van der Waals surface area contributed by atoms with Crippen LogP contribution < -0.4 is 5.32 Å². The van der Waals surface area contributed by atoms with E-state index in [-0.39, 0.29) is 47.8 Å². The van der Waals surface area contributed by atoms with E-state index in [4.69, 9.17) is 14.7 Å². The minimum atomic E-state index is -1.11. The molecule has 4 fully saturated rings. The number of rotatable bonds is 11. The highest BCUT2D eigenvalue weighted by Gasteiger charge is 2.57. The zero-order chi connectivity index (χ0) is 42.1. The van der Waals surface area contributed by atoms with Crippen molar-refractivity contribution in [2.45, 2.75) is 89.6 Å². The average molecular weight is 813 g/mol. The molecule has 4 heterocycles. The van der Waals surface area contributed by atoms with Gasteiger partial charge in [-0.3, -0.25) is 14.5 Å². The van der Waals surface area contributed by atoms with Crippen LogP contribution in [-0.4, -0.2) is 102 Å². The van der Waals surface area contributed by atoms with Crippen LogP contribution in [0.15, 0.2) is 73.1 Å². The molecule has 2 aromatic heterocycles. The Morgan fingerprint density at radius 2 is 1.27 bits per heavy atom. The Morgan fingerprint density at radius 1 is 0.733 bits per heavy atom. The molecule has 2 saturated heterocycles.